The smallest absolute Gasteiger partial charge is 0.293 e. The number of amides is 1. The van der Waals surface area contributed by atoms with Crippen LogP contribution in [0.15, 0.2) is 48.5 Å². The van der Waals surface area contributed by atoms with Crippen molar-refractivity contribution >= 4 is 29.4 Å². The number of hydrogen-bond acceptors (Lipinski definition) is 5. The van der Waals surface area contributed by atoms with Crippen LogP contribution in [0.25, 0.3) is 21.0 Å². The van der Waals surface area contributed by atoms with Gasteiger partial charge in [-0.25, -0.2) is 4.98 Å². The zero-order valence-electron chi connectivity index (χ0n) is 15.2. The molecule has 1 N–H and O–H groups in total. The molecule has 0 saturated carbocycles. The average Bonchev–Trinajstić information content (AvgIpc) is 3.24. The van der Waals surface area contributed by atoms with Crippen LogP contribution in [0.5, 0.6) is 0 Å². The Balaban J connectivity index is 0.000000376. The predicted octanol–water partition coefficient (Wildman–Crippen LogP) is 4.46. The van der Waals surface area contributed by atoms with Crippen molar-refractivity contribution in [3.63, 3.8) is 0 Å². The number of anilines is 1. The Morgan fingerprint density at radius 2 is 1.96 bits per heavy atom. The van der Waals surface area contributed by atoms with Gasteiger partial charge in [-0.2, -0.15) is 0 Å². The molecule has 0 fully saturated rings. The summed E-state index contributed by atoms with van der Waals surface area (Å²) in [5.74, 6) is 0.0677. The van der Waals surface area contributed by atoms with E-state index in [1.807, 2.05) is 31.2 Å². The van der Waals surface area contributed by atoms with E-state index in [0.717, 1.165) is 33.1 Å². The number of hydrogen-bond donors (Lipinski definition) is 1. The normalized spacial score (nSPS) is 11.9. The van der Waals surface area contributed by atoms with E-state index < -0.39 is 0 Å². The second-order valence-corrected chi connectivity index (χ2v) is 6.95. The van der Waals surface area contributed by atoms with Crippen molar-refractivity contribution in [3.05, 3.63) is 59.8 Å². The SMILES string of the molecule is CCOC=O.Cc1nc(-c2ccccc2)sc1-c1ccc2c(c1)CC(=O)N2. The molecule has 0 radical (unpaired) electrons. The molecule has 0 unspecified atom stereocenters. The van der Waals surface area contributed by atoms with Gasteiger partial charge in [0.05, 0.1) is 23.6 Å². The molecule has 0 spiro atoms. The van der Waals surface area contributed by atoms with E-state index in [1.54, 1.807) is 18.3 Å². The molecular weight excluding hydrogens is 360 g/mol. The molecule has 1 aromatic heterocycles. The van der Waals surface area contributed by atoms with Gasteiger partial charge in [-0.1, -0.05) is 36.4 Å². The second-order valence-electron chi connectivity index (χ2n) is 5.95. The first-order valence-electron chi connectivity index (χ1n) is 8.63. The molecule has 1 aliphatic rings. The van der Waals surface area contributed by atoms with Crippen LogP contribution < -0.4 is 5.32 Å². The van der Waals surface area contributed by atoms with Gasteiger partial charge in [0.15, 0.2) is 0 Å². The summed E-state index contributed by atoms with van der Waals surface area (Å²) in [5, 5.41) is 3.90. The number of fused-ring (bicyclic) bond motifs is 1. The van der Waals surface area contributed by atoms with Gasteiger partial charge in [-0.15, -0.1) is 11.3 Å². The Morgan fingerprint density at radius 1 is 1.19 bits per heavy atom. The number of nitrogens with one attached hydrogen (secondary N) is 1. The summed E-state index contributed by atoms with van der Waals surface area (Å²) in [4.78, 5) is 26.5. The summed E-state index contributed by atoms with van der Waals surface area (Å²) in [5.41, 5.74) is 5.30. The lowest BCUT2D eigenvalue weighted by molar-refractivity contribution is -0.128. The van der Waals surface area contributed by atoms with Gasteiger partial charge in [0, 0.05) is 11.3 Å². The minimum atomic E-state index is 0.0677. The molecule has 6 heteroatoms. The molecule has 5 nitrogen and oxygen atoms in total. The van der Waals surface area contributed by atoms with Gasteiger partial charge in [0.2, 0.25) is 5.91 Å². The monoisotopic (exact) mass is 380 g/mol. The maximum absolute atomic E-state index is 11.5. The van der Waals surface area contributed by atoms with Crippen molar-refractivity contribution in [2.24, 2.45) is 0 Å². The third-order valence-electron chi connectivity index (χ3n) is 4.04. The Morgan fingerprint density at radius 3 is 2.63 bits per heavy atom. The Bertz CT molecular complexity index is 951. The van der Waals surface area contributed by atoms with Crippen molar-refractivity contribution in [2.75, 3.05) is 11.9 Å². The first-order chi connectivity index (χ1) is 13.1. The summed E-state index contributed by atoms with van der Waals surface area (Å²) in [6, 6.07) is 16.4. The van der Waals surface area contributed by atoms with Crippen LogP contribution in [-0.2, 0) is 20.7 Å². The highest BCUT2D eigenvalue weighted by molar-refractivity contribution is 7.18. The maximum atomic E-state index is 11.5. The fraction of sp³-hybridized carbons (Fsp3) is 0.190. The highest BCUT2D eigenvalue weighted by atomic mass is 32.1. The number of carbonyl (C=O) groups is 2. The van der Waals surface area contributed by atoms with Crippen LogP contribution >= 0.6 is 11.3 Å². The summed E-state index contributed by atoms with van der Waals surface area (Å²) < 4.78 is 4.15. The number of nitrogens with zero attached hydrogens (tertiary/aromatic N) is 1. The van der Waals surface area contributed by atoms with E-state index in [9.17, 15) is 9.59 Å². The molecule has 4 rings (SSSR count). The fourth-order valence-corrected chi connectivity index (χ4v) is 3.88. The Hall–Kier alpha value is -2.99. The summed E-state index contributed by atoms with van der Waals surface area (Å²) >= 11 is 1.70. The number of rotatable bonds is 4. The van der Waals surface area contributed by atoms with Gasteiger partial charge < -0.3 is 10.1 Å². The molecule has 0 aliphatic carbocycles. The van der Waals surface area contributed by atoms with E-state index in [4.69, 9.17) is 4.98 Å². The molecule has 3 aromatic rings. The van der Waals surface area contributed by atoms with Gasteiger partial charge in [0.25, 0.3) is 6.47 Å². The standard InChI is InChI=1S/C18H14N2OS.C3H6O2/c1-11-17(22-18(19-11)12-5-3-2-4-6-12)13-7-8-15-14(9-13)10-16(21)20-15;1-2-5-3-4/h2-9H,10H2,1H3,(H,20,21);3H,2H2,1H3. The van der Waals surface area contributed by atoms with E-state index in [2.05, 4.69) is 34.3 Å². The first kappa shape index (κ1) is 18.8. The predicted molar refractivity (Wildman–Crippen MR) is 108 cm³/mol. The van der Waals surface area contributed by atoms with E-state index in [1.165, 1.54) is 4.88 Å². The molecule has 0 saturated heterocycles. The highest BCUT2D eigenvalue weighted by Crippen LogP contribution is 2.37. The topological polar surface area (TPSA) is 68.3 Å². The van der Waals surface area contributed by atoms with Crippen molar-refractivity contribution < 1.29 is 14.3 Å². The second kappa shape index (κ2) is 8.60. The molecule has 1 amide bonds. The minimum Gasteiger partial charge on any atom is -0.468 e. The number of ether oxygens (including phenoxy) is 1. The van der Waals surface area contributed by atoms with E-state index >= 15 is 0 Å². The zero-order valence-corrected chi connectivity index (χ0v) is 16.0. The van der Waals surface area contributed by atoms with Crippen molar-refractivity contribution in [2.45, 2.75) is 20.3 Å². The van der Waals surface area contributed by atoms with Crippen molar-refractivity contribution in [3.8, 4) is 21.0 Å². The summed E-state index contributed by atoms with van der Waals surface area (Å²) in [6.45, 7) is 4.70. The zero-order chi connectivity index (χ0) is 19.2. The fourth-order valence-electron chi connectivity index (χ4n) is 2.81. The number of benzene rings is 2. The molecule has 2 aromatic carbocycles. The molecular formula is C21H20N2O3S. The van der Waals surface area contributed by atoms with Gasteiger partial charge >= 0.3 is 0 Å². The number of carbonyl (C=O) groups excluding carboxylic acids is 2. The molecule has 0 atom stereocenters. The molecule has 27 heavy (non-hydrogen) atoms. The summed E-state index contributed by atoms with van der Waals surface area (Å²) in [7, 11) is 0. The third kappa shape index (κ3) is 4.41. The van der Waals surface area contributed by atoms with E-state index in [-0.39, 0.29) is 5.91 Å². The molecule has 2 heterocycles. The van der Waals surface area contributed by atoms with Crippen LogP contribution in [0, 0.1) is 6.92 Å². The molecule has 138 valence electrons. The highest BCUT2D eigenvalue weighted by Gasteiger charge is 2.19. The number of aryl methyl sites for hydroxylation is 1. The van der Waals surface area contributed by atoms with Gasteiger partial charge in [-0.05, 0) is 37.1 Å². The third-order valence-corrected chi connectivity index (χ3v) is 5.30. The number of aromatic nitrogens is 1. The van der Waals surface area contributed by atoms with E-state index in [0.29, 0.717) is 19.5 Å². The number of thiazole rings is 1. The Labute approximate surface area is 162 Å². The molecule has 1 aliphatic heterocycles. The van der Waals surface area contributed by atoms with Crippen molar-refractivity contribution in [1.82, 2.24) is 4.98 Å². The Kier molecular flexibility index (Phi) is 5.98. The minimum absolute atomic E-state index is 0.0677. The lowest BCUT2D eigenvalue weighted by Gasteiger charge is -2.02. The average molecular weight is 380 g/mol. The van der Waals surface area contributed by atoms with Crippen LogP contribution in [-0.4, -0.2) is 24.0 Å². The quantitative estimate of drug-likeness (QED) is 0.679. The van der Waals surface area contributed by atoms with Crippen LogP contribution in [0.3, 0.4) is 0 Å². The van der Waals surface area contributed by atoms with Gasteiger partial charge in [0.1, 0.15) is 5.01 Å². The van der Waals surface area contributed by atoms with Crippen molar-refractivity contribution in [1.29, 1.82) is 0 Å². The lowest BCUT2D eigenvalue weighted by atomic mass is 10.1. The molecule has 0 bridgehead atoms. The van der Waals surface area contributed by atoms with Crippen LogP contribution in [0.2, 0.25) is 0 Å². The lowest BCUT2D eigenvalue weighted by Crippen LogP contribution is -2.03. The maximum Gasteiger partial charge on any atom is 0.293 e. The largest absolute Gasteiger partial charge is 0.468 e. The van der Waals surface area contributed by atoms with Crippen LogP contribution in [0.4, 0.5) is 5.69 Å². The van der Waals surface area contributed by atoms with Gasteiger partial charge in [-0.3, -0.25) is 9.59 Å². The van der Waals surface area contributed by atoms with Crippen LogP contribution in [0.1, 0.15) is 18.2 Å². The summed E-state index contributed by atoms with van der Waals surface area (Å²) in [6.07, 6.45) is 0.465. The first-order valence-corrected chi connectivity index (χ1v) is 9.45.